The first kappa shape index (κ1) is 26.2. The third kappa shape index (κ3) is 6.11. The fourth-order valence-electron chi connectivity index (χ4n) is 3.30. The van der Waals surface area contributed by atoms with Crippen LogP contribution in [0.2, 0.25) is 10.0 Å². The molecule has 0 bridgehead atoms. The third-order valence-electron chi connectivity index (χ3n) is 5.04. The minimum Gasteiger partial charge on any atom is -0.508 e. The van der Waals surface area contributed by atoms with E-state index >= 15 is 0 Å². The van der Waals surface area contributed by atoms with Gasteiger partial charge in [0.2, 0.25) is 0 Å². The Morgan fingerprint density at radius 1 is 1.03 bits per heavy atom. The molecular weight excluding hydrogens is 589 g/mol. The van der Waals surface area contributed by atoms with Crippen LogP contribution in [0.3, 0.4) is 0 Å². The molecule has 9 nitrogen and oxygen atoms in total. The van der Waals surface area contributed by atoms with E-state index in [1.165, 1.54) is 36.4 Å². The fourth-order valence-corrected chi connectivity index (χ4v) is 4.11. The van der Waals surface area contributed by atoms with Gasteiger partial charge in [-0.2, -0.15) is 0 Å². The van der Waals surface area contributed by atoms with Crippen molar-refractivity contribution >= 4 is 80.3 Å². The van der Waals surface area contributed by atoms with Gasteiger partial charge < -0.3 is 15.2 Å². The molecule has 0 aromatic heterocycles. The first-order valence-electron chi connectivity index (χ1n) is 10.5. The van der Waals surface area contributed by atoms with Crippen molar-refractivity contribution in [3.05, 3.63) is 86.3 Å². The van der Waals surface area contributed by atoms with Crippen LogP contribution in [-0.4, -0.2) is 35.5 Å². The van der Waals surface area contributed by atoms with Gasteiger partial charge in [-0.25, -0.2) is 9.69 Å². The average molecular weight is 605 g/mol. The number of carbonyl (C=O) groups is 4. The summed E-state index contributed by atoms with van der Waals surface area (Å²) in [7, 11) is 0. The Morgan fingerprint density at radius 2 is 1.76 bits per heavy atom. The molecule has 0 atom stereocenters. The van der Waals surface area contributed by atoms with Crippen LogP contribution < -0.4 is 20.3 Å². The molecule has 0 unspecified atom stereocenters. The second kappa shape index (κ2) is 11.0. The number of ether oxygens (including phenoxy) is 1. The molecule has 1 heterocycles. The molecule has 0 radical (unpaired) electrons. The number of nitrogens with one attached hydrogen (secondary N) is 2. The van der Waals surface area contributed by atoms with E-state index < -0.39 is 23.8 Å². The largest absolute Gasteiger partial charge is 0.508 e. The summed E-state index contributed by atoms with van der Waals surface area (Å²) in [6.45, 7) is -0.302. The van der Waals surface area contributed by atoms with E-state index in [9.17, 15) is 24.3 Å². The molecule has 4 rings (SSSR count). The smallest absolute Gasteiger partial charge is 0.335 e. The predicted octanol–water partition coefficient (Wildman–Crippen LogP) is 5.15. The number of imide groups is 2. The number of carbonyl (C=O) groups excluding carboxylic acids is 4. The molecule has 0 aliphatic carbocycles. The molecule has 3 aromatic carbocycles. The van der Waals surface area contributed by atoms with Crippen molar-refractivity contribution < 1.29 is 29.0 Å². The molecule has 1 saturated heterocycles. The molecule has 3 aromatic rings. The van der Waals surface area contributed by atoms with Crippen LogP contribution in [0, 0.1) is 0 Å². The number of halogens is 3. The van der Waals surface area contributed by atoms with Gasteiger partial charge in [0.1, 0.15) is 17.1 Å². The van der Waals surface area contributed by atoms with E-state index in [1.54, 1.807) is 30.3 Å². The lowest BCUT2D eigenvalue weighted by molar-refractivity contribution is -0.122. The van der Waals surface area contributed by atoms with Gasteiger partial charge in [0.05, 0.1) is 20.2 Å². The first-order chi connectivity index (χ1) is 17.6. The fraction of sp³-hybridized carbons (Fsp3) is 0.0400. The van der Waals surface area contributed by atoms with Crippen LogP contribution in [0.25, 0.3) is 6.08 Å². The van der Waals surface area contributed by atoms with Crippen molar-refractivity contribution in [3.63, 3.8) is 0 Å². The molecule has 37 heavy (non-hydrogen) atoms. The predicted molar refractivity (Wildman–Crippen MR) is 142 cm³/mol. The zero-order valence-corrected chi connectivity index (χ0v) is 21.7. The van der Waals surface area contributed by atoms with Crippen molar-refractivity contribution in [1.82, 2.24) is 5.32 Å². The lowest BCUT2D eigenvalue weighted by Gasteiger charge is -2.26. The lowest BCUT2D eigenvalue weighted by atomic mass is 10.1. The summed E-state index contributed by atoms with van der Waals surface area (Å²) in [5.74, 6) is -1.80. The second-order valence-corrected chi connectivity index (χ2v) is 9.30. The summed E-state index contributed by atoms with van der Waals surface area (Å²) in [4.78, 5) is 50.7. The number of hydrogen-bond donors (Lipinski definition) is 3. The zero-order chi connectivity index (χ0) is 26.7. The van der Waals surface area contributed by atoms with Crippen molar-refractivity contribution in [2.45, 2.75) is 0 Å². The van der Waals surface area contributed by atoms with Crippen LogP contribution >= 0.6 is 39.1 Å². The van der Waals surface area contributed by atoms with Crippen molar-refractivity contribution in [1.29, 1.82) is 0 Å². The standard InChI is InChI=1S/C25H16BrCl2N3O6/c26-18-10-13(1-8-21(18)37-12-22(33)29-14-2-7-19(27)20(28)11-14)9-17-23(34)30-25(36)31(24(17)35)15-3-5-16(32)6-4-15/h1-11,32H,12H2,(H,29,33)(H,30,34,36)/b17-9-. The number of phenolic OH excluding ortho intramolecular Hbond substituents is 1. The molecule has 0 spiro atoms. The van der Waals surface area contributed by atoms with Crippen LogP contribution in [0.1, 0.15) is 5.56 Å². The van der Waals surface area contributed by atoms with Gasteiger partial charge in [-0.05, 0) is 82.2 Å². The maximum Gasteiger partial charge on any atom is 0.335 e. The van der Waals surface area contributed by atoms with Crippen molar-refractivity contribution in [2.24, 2.45) is 0 Å². The number of anilines is 2. The molecule has 1 aliphatic rings. The molecule has 1 aliphatic heterocycles. The number of barbiturate groups is 1. The van der Waals surface area contributed by atoms with Crippen LogP contribution in [-0.2, 0) is 14.4 Å². The quantitative estimate of drug-likeness (QED) is 0.264. The minimum absolute atomic E-state index is 0.0422. The number of phenols is 1. The SMILES string of the molecule is O=C(COc1ccc(/C=C2/C(=O)NC(=O)N(c3ccc(O)cc3)C2=O)cc1Br)Nc1ccc(Cl)c(Cl)c1. The first-order valence-corrected chi connectivity index (χ1v) is 12.0. The average Bonchev–Trinajstić information content (AvgIpc) is 2.84. The summed E-state index contributed by atoms with van der Waals surface area (Å²) in [5.41, 5.74) is 0.828. The maximum atomic E-state index is 13.0. The molecule has 0 saturated carbocycles. The van der Waals surface area contributed by atoms with Crippen LogP contribution in [0.5, 0.6) is 11.5 Å². The third-order valence-corrected chi connectivity index (χ3v) is 6.40. The van der Waals surface area contributed by atoms with Gasteiger partial charge in [0.15, 0.2) is 6.61 Å². The van der Waals surface area contributed by atoms with E-state index in [2.05, 4.69) is 26.6 Å². The highest BCUT2D eigenvalue weighted by atomic mass is 79.9. The molecule has 188 valence electrons. The molecule has 1 fully saturated rings. The summed E-state index contributed by atoms with van der Waals surface area (Å²) >= 11 is 15.2. The number of amides is 5. The Morgan fingerprint density at radius 3 is 2.43 bits per heavy atom. The maximum absolute atomic E-state index is 13.0. The van der Waals surface area contributed by atoms with Crippen molar-refractivity contribution in [3.8, 4) is 11.5 Å². The number of rotatable bonds is 6. The monoisotopic (exact) mass is 603 g/mol. The normalized spacial score (nSPS) is 14.5. The number of urea groups is 1. The topological polar surface area (TPSA) is 125 Å². The number of aromatic hydroxyl groups is 1. The molecule has 5 amide bonds. The van der Waals surface area contributed by atoms with Gasteiger partial charge in [0, 0.05) is 5.69 Å². The van der Waals surface area contributed by atoms with Crippen LogP contribution in [0.4, 0.5) is 16.2 Å². The summed E-state index contributed by atoms with van der Waals surface area (Å²) in [5, 5.41) is 14.9. The van der Waals surface area contributed by atoms with Crippen LogP contribution in [0.15, 0.2) is 70.7 Å². The number of nitrogens with zero attached hydrogens (tertiary/aromatic N) is 1. The van der Waals surface area contributed by atoms with Gasteiger partial charge in [-0.3, -0.25) is 19.7 Å². The summed E-state index contributed by atoms with van der Waals surface area (Å²) in [6.07, 6.45) is 1.32. The van der Waals surface area contributed by atoms with Gasteiger partial charge in [-0.15, -0.1) is 0 Å². The van der Waals surface area contributed by atoms with E-state index in [0.717, 1.165) is 4.90 Å². The molecule has 12 heteroatoms. The second-order valence-electron chi connectivity index (χ2n) is 7.63. The lowest BCUT2D eigenvalue weighted by Crippen LogP contribution is -2.54. The highest BCUT2D eigenvalue weighted by molar-refractivity contribution is 9.10. The number of hydrogen-bond acceptors (Lipinski definition) is 6. The Bertz CT molecular complexity index is 1460. The highest BCUT2D eigenvalue weighted by Crippen LogP contribution is 2.29. The number of benzene rings is 3. The zero-order valence-electron chi connectivity index (χ0n) is 18.6. The minimum atomic E-state index is -0.901. The Balaban J connectivity index is 1.46. The van der Waals surface area contributed by atoms with E-state index in [0.29, 0.717) is 31.5 Å². The van der Waals surface area contributed by atoms with E-state index in [1.807, 2.05) is 0 Å². The Hall–Kier alpha value is -3.86. The van der Waals surface area contributed by atoms with E-state index in [-0.39, 0.29) is 23.6 Å². The molecular formula is C25H16BrCl2N3O6. The van der Waals surface area contributed by atoms with E-state index in [4.69, 9.17) is 27.9 Å². The van der Waals surface area contributed by atoms with Crippen molar-refractivity contribution in [2.75, 3.05) is 16.8 Å². The van der Waals surface area contributed by atoms with Gasteiger partial charge in [0.25, 0.3) is 17.7 Å². The van der Waals surface area contributed by atoms with Gasteiger partial charge in [-0.1, -0.05) is 29.3 Å². The molecule has 3 N–H and O–H groups in total. The van der Waals surface area contributed by atoms with Gasteiger partial charge >= 0.3 is 6.03 Å². The summed E-state index contributed by atoms with van der Waals surface area (Å²) in [6, 6.07) is 13.9. The Kier molecular flexibility index (Phi) is 7.82. The highest BCUT2D eigenvalue weighted by Gasteiger charge is 2.36. The Labute approximate surface area is 228 Å². The summed E-state index contributed by atoms with van der Waals surface area (Å²) < 4.78 is 6.01.